The number of carbonyl (C=O) groups excluding carboxylic acids is 1. The highest BCUT2D eigenvalue weighted by atomic mass is 32.2. The number of methoxy groups -OCH3 is 2. The number of ether oxygens (including phenoxy) is 2. The molecule has 0 unspecified atom stereocenters. The van der Waals surface area contributed by atoms with Gasteiger partial charge in [-0.15, -0.1) is 0 Å². The third kappa shape index (κ3) is 5.23. The van der Waals surface area contributed by atoms with E-state index in [1.54, 1.807) is 24.3 Å². The Hall–Kier alpha value is -3.55. The number of nitrogens with zero attached hydrogens (tertiary/aromatic N) is 1. The van der Waals surface area contributed by atoms with E-state index < -0.39 is 15.9 Å². The molecule has 1 amide bonds. The number of carbonyl (C=O) groups is 1. The number of nitrogens with two attached hydrogens (primary N) is 1. The van der Waals surface area contributed by atoms with Gasteiger partial charge in [0.05, 0.1) is 24.8 Å². The van der Waals surface area contributed by atoms with Crippen LogP contribution in [0.4, 0.5) is 11.4 Å². The average Bonchev–Trinajstić information content (AvgIpc) is 2.68. The van der Waals surface area contributed by atoms with Crippen molar-refractivity contribution in [3.8, 4) is 17.6 Å². The van der Waals surface area contributed by atoms with Gasteiger partial charge in [0, 0.05) is 18.0 Å². The minimum atomic E-state index is -3.80. The fourth-order valence-corrected chi connectivity index (χ4v) is 2.66. The van der Waals surface area contributed by atoms with Gasteiger partial charge < -0.3 is 20.1 Å². The molecule has 0 heterocycles. The predicted octanol–water partition coefficient (Wildman–Crippen LogP) is 1.81. The first kappa shape index (κ1) is 20.8. The van der Waals surface area contributed by atoms with Crippen molar-refractivity contribution in [3.05, 3.63) is 54.2 Å². The average molecular weight is 402 g/mol. The summed E-state index contributed by atoms with van der Waals surface area (Å²) >= 11 is 0. The first-order chi connectivity index (χ1) is 13.3. The highest BCUT2D eigenvalue weighted by Crippen LogP contribution is 2.29. The molecule has 0 aliphatic rings. The van der Waals surface area contributed by atoms with Crippen molar-refractivity contribution in [3.63, 3.8) is 0 Å². The molecule has 4 N–H and O–H groups in total. The molecular weight excluding hydrogens is 384 g/mol. The molecule has 0 aliphatic carbocycles. The lowest BCUT2D eigenvalue weighted by Crippen LogP contribution is -2.15. The van der Waals surface area contributed by atoms with Crippen molar-refractivity contribution in [1.82, 2.24) is 0 Å². The summed E-state index contributed by atoms with van der Waals surface area (Å²) in [4.78, 5) is 12.3. The van der Waals surface area contributed by atoms with Gasteiger partial charge in [-0.25, -0.2) is 13.6 Å². The summed E-state index contributed by atoms with van der Waals surface area (Å²) < 4.78 is 32.8. The molecule has 0 aromatic heterocycles. The minimum Gasteiger partial charge on any atom is -0.497 e. The van der Waals surface area contributed by atoms with E-state index in [1.807, 2.05) is 0 Å². The second kappa shape index (κ2) is 8.90. The van der Waals surface area contributed by atoms with Gasteiger partial charge in [0.25, 0.3) is 5.91 Å². The Bertz CT molecular complexity index is 1040. The van der Waals surface area contributed by atoms with Gasteiger partial charge in [-0.2, -0.15) is 5.26 Å². The van der Waals surface area contributed by atoms with Gasteiger partial charge in [-0.3, -0.25) is 4.79 Å². The van der Waals surface area contributed by atoms with E-state index in [-0.39, 0.29) is 10.5 Å². The van der Waals surface area contributed by atoms with E-state index in [2.05, 4.69) is 10.6 Å². The van der Waals surface area contributed by atoms with Gasteiger partial charge in [0.2, 0.25) is 10.0 Å². The van der Waals surface area contributed by atoms with Crippen LogP contribution in [0.3, 0.4) is 0 Å². The third-order valence-corrected chi connectivity index (χ3v) is 4.52. The number of primary sulfonamides is 1. The SMILES string of the molecule is COc1ccc(OC)c(NC(=O)/C(C#N)=C\Nc2ccc(S(N)(=O)=O)cc2)c1. The van der Waals surface area contributed by atoms with Crippen LogP contribution in [0, 0.1) is 11.3 Å². The van der Waals surface area contributed by atoms with Crippen molar-refractivity contribution >= 4 is 27.3 Å². The van der Waals surface area contributed by atoms with Crippen LogP contribution in [0.1, 0.15) is 0 Å². The van der Waals surface area contributed by atoms with Crippen LogP contribution in [0.15, 0.2) is 59.1 Å². The topological polar surface area (TPSA) is 144 Å². The number of sulfonamides is 1. The lowest BCUT2D eigenvalue weighted by atomic mass is 10.2. The van der Waals surface area contributed by atoms with E-state index in [4.69, 9.17) is 14.6 Å². The monoisotopic (exact) mass is 402 g/mol. The second-order valence-corrected chi connectivity index (χ2v) is 6.97. The maximum atomic E-state index is 12.4. The quantitative estimate of drug-likeness (QED) is 0.473. The van der Waals surface area contributed by atoms with Crippen LogP contribution < -0.4 is 25.2 Å². The summed E-state index contributed by atoms with van der Waals surface area (Å²) in [6.07, 6.45) is 1.20. The van der Waals surface area contributed by atoms with E-state index in [1.165, 1.54) is 44.7 Å². The summed E-state index contributed by atoms with van der Waals surface area (Å²) in [5, 5.41) is 19.6. The summed E-state index contributed by atoms with van der Waals surface area (Å²) in [7, 11) is -0.863. The van der Waals surface area contributed by atoms with E-state index in [0.717, 1.165) is 0 Å². The normalized spacial score (nSPS) is 11.3. The Morgan fingerprint density at radius 2 is 1.82 bits per heavy atom. The van der Waals surface area contributed by atoms with Crippen molar-refractivity contribution in [2.24, 2.45) is 5.14 Å². The number of benzene rings is 2. The number of amides is 1. The van der Waals surface area contributed by atoms with Crippen molar-refractivity contribution in [1.29, 1.82) is 5.26 Å². The molecule has 2 aromatic carbocycles. The zero-order valence-electron chi connectivity index (χ0n) is 15.1. The molecule has 0 bridgehead atoms. The highest BCUT2D eigenvalue weighted by Gasteiger charge is 2.13. The summed E-state index contributed by atoms with van der Waals surface area (Å²) in [5.74, 6) is 0.243. The van der Waals surface area contributed by atoms with Gasteiger partial charge >= 0.3 is 0 Å². The van der Waals surface area contributed by atoms with E-state index in [0.29, 0.717) is 22.9 Å². The molecule has 0 radical (unpaired) electrons. The lowest BCUT2D eigenvalue weighted by molar-refractivity contribution is -0.112. The molecule has 0 saturated carbocycles. The number of hydrogen-bond donors (Lipinski definition) is 3. The van der Waals surface area contributed by atoms with Crippen LogP contribution in [-0.2, 0) is 14.8 Å². The van der Waals surface area contributed by atoms with Gasteiger partial charge in [-0.1, -0.05) is 0 Å². The van der Waals surface area contributed by atoms with Gasteiger partial charge in [-0.05, 0) is 36.4 Å². The van der Waals surface area contributed by atoms with E-state index >= 15 is 0 Å². The van der Waals surface area contributed by atoms with Crippen molar-refractivity contribution in [2.75, 3.05) is 24.9 Å². The molecule has 0 saturated heterocycles. The highest BCUT2D eigenvalue weighted by molar-refractivity contribution is 7.89. The molecule has 0 spiro atoms. The number of rotatable bonds is 7. The Morgan fingerprint density at radius 3 is 2.36 bits per heavy atom. The van der Waals surface area contributed by atoms with Crippen molar-refractivity contribution < 1.29 is 22.7 Å². The second-order valence-electron chi connectivity index (χ2n) is 5.40. The Kier molecular flexibility index (Phi) is 6.59. The van der Waals surface area contributed by atoms with Crippen LogP contribution >= 0.6 is 0 Å². The summed E-state index contributed by atoms with van der Waals surface area (Å²) in [5.41, 5.74) is 0.595. The molecule has 0 fully saturated rings. The molecule has 10 heteroatoms. The number of nitriles is 1. The smallest absolute Gasteiger partial charge is 0.267 e. The maximum Gasteiger partial charge on any atom is 0.267 e. The van der Waals surface area contributed by atoms with Gasteiger partial charge in [0.1, 0.15) is 23.1 Å². The third-order valence-electron chi connectivity index (χ3n) is 3.59. The predicted molar refractivity (Wildman–Crippen MR) is 103 cm³/mol. The first-order valence-corrected chi connectivity index (χ1v) is 9.36. The molecule has 0 atom stereocenters. The fraction of sp³-hybridized carbons (Fsp3) is 0.111. The van der Waals surface area contributed by atoms with Crippen molar-refractivity contribution in [2.45, 2.75) is 4.90 Å². The minimum absolute atomic E-state index is 0.0506. The Labute approximate surface area is 162 Å². The molecule has 2 rings (SSSR count). The Balaban J connectivity index is 2.16. The molecule has 9 nitrogen and oxygen atoms in total. The molecule has 146 valence electrons. The first-order valence-electron chi connectivity index (χ1n) is 7.81. The van der Waals surface area contributed by atoms with Gasteiger partial charge in [0.15, 0.2) is 0 Å². The summed E-state index contributed by atoms with van der Waals surface area (Å²) in [6.45, 7) is 0. The summed E-state index contributed by atoms with van der Waals surface area (Å²) in [6, 6.07) is 12.2. The molecule has 0 aliphatic heterocycles. The number of nitrogens with one attached hydrogen (secondary N) is 2. The number of hydrogen-bond acceptors (Lipinski definition) is 7. The van der Waals surface area contributed by atoms with Crippen LogP contribution in [0.25, 0.3) is 0 Å². The maximum absolute atomic E-state index is 12.4. The Morgan fingerprint density at radius 1 is 1.14 bits per heavy atom. The van der Waals surface area contributed by atoms with Crippen LogP contribution in [-0.4, -0.2) is 28.5 Å². The van der Waals surface area contributed by atoms with Crippen LogP contribution in [0.5, 0.6) is 11.5 Å². The molecule has 2 aromatic rings. The standard InChI is InChI=1S/C18H18N4O5S/c1-26-14-5-8-17(27-2)16(9-14)22-18(23)12(10-19)11-21-13-3-6-15(7-4-13)28(20,24)25/h3-9,11,21H,1-2H3,(H,22,23)(H2,20,24,25)/b12-11-. The zero-order valence-corrected chi connectivity index (χ0v) is 15.9. The largest absolute Gasteiger partial charge is 0.497 e. The molecule has 28 heavy (non-hydrogen) atoms. The number of anilines is 2. The molecular formula is C18H18N4O5S. The van der Waals surface area contributed by atoms with E-state index in [9.17, 15) is 18.5 Å². The fourth-order valence-electron chi connectivity index (χ4n) is 2.15. The van der Waals surface area contributed by atoms with Crippen LogP contribution in [0.2, 0.25) is 0 Å². The lowest BCUT2D eigenvalue weighted by Gasteiger charge is -2.11. The zero-order chi connectivity index (χ0) is 20.7.